The van der Waals surface area contributed by atoms with Crippen LogP contribution in [0.4, 0.5) is 0 Å². The summed E-state index contributed by atoms with van der Waals surface area (Å²) in [6.07, 6.45) is 1.65. The molecule has 3 aliphatic heterocycles. The number of amides is 5. The van der Waals surface area contributed by atoms with E-state index in [-0.39, 0.29) is 102 Å². The molecule has 0 bridgehead atoms. The molecule has 3 saturated heterocycles. The number of hydrogen-bond donors (Lipinski definition) is 4. The van der Waals surface area contributed by atoms with Crippen LogP contribution in [0.1, 0.15) is 81.6 Å². The van der Waals surface area contributed by atoms with Crippen molar-refractivity contribution in [3.63, 3.8) is 0 Å². The number of carbonyl (C=O) groups excluding carboxylic acids is 5. The summed E-state index contributed by atoms with van der Waals surface area (Å²) in [6.45, 7) is 19.5. The number of hydrogen-bond acceptors (Lipinski definition) is 13. The van der Waals surface area contributed by atoms with Crippen LogP contribution < -0.4 is 50.5 Å². The highest BCUT2D eigenvalue weighted by atomic mass is 35.5. The van der Waals surface area contributed by atoms with Crippen LogP contribution in [0.25, 0.3) is 0 Å². The van der Waals surface area contributed by atoms with Crippen molar-refractivity contribution in [2.24, 2.45) is 35.1 Å². The first-order valence-electron chi connectivity index (χ1n) is 32.0. The van der Waals surface area contributed by atoms with Crippen LogP contribution in [0.15, 0.2) is 182 Å². The molecule has 19 heteroatoms. The minimum Gasteiger partial charge on any atom is -0.491 e. The second-order valence-electron chi connectivity index (χ2n) is 24.8. The molecule has 6 aromatic carbocycles. The number of nitrogens with one attached hydrogen (secondary N) is 2. The molecule has 9 rings (SSSR count). The summed E-state index contributed by atoms with van der Waals surface area (Å²) in [5.41, 5.74) is 11.8. The zero-order valence-electron chi connectivity index (χ0n) is 54.7. The number of nitrogens with zero attached hydrogens (tertiary/aromatic N) is 3. The predicted molar refractivity (Wildman–Crippen MR) is 361 cm³/mol. The third-order valence-electron chi connectivity index (χ3n) is 16.1. The van der Waals surface area contributed by atoms with E-state index in [9.17, 15) is 24.0 Å². The fourth-order valence-electron chi connectivity index (χ4n) is 10.8. The van der Waals surface area contributed by atoms with Gasteiger partial charge in [0.1, 0.15) is 84.7 Å². The SMILES string of the molecule is CC(C)C(=O)N[C@H](C(=O)N1CC(Oc2ccccc2)C[C@H]1COc1ccccc1)C(C)C.CC(C)[C@H](N)C(=O)N1CC(Oc2ccccc2)C[C@H]1COc1ccccc1.CC(C)[C@H](NC(=O)[C@H](C)N)C(=O)N1CC(Oc2ccccc2)C[C@H]1COc1ccccc1.Cl. The van der Waals surface area contributed by atoms with Gasteiger partial charge in [-0.25, -0.2) is 0 Å². The molecule has 6 N–H and O–H groups in total. The van der Waals surface area contributed by atoms with Crippen molar-refractivity contribution in [2.75, 3.05) is 39.5 Å². The predicted octanol–water partition coefficient (Wildman–Crippen LogP) is 10.0. The van der Waals surface area contributed by atoms with Gasteiger partial charge in [0.05, 0.1) is 49.8 Å². The van der Waals surface area contributed by atoms with E-state index in [4.69, 9.17) is 39.9 Å². The second kappa shape index (κ2) is 36.7. The third-order valence-corrected chi connectivity index (χ3v) is 16.1. The van der Waals surface area contributed by atoms with E-state index in [1.165, 1.54) is 0 Å². The average molecular weight is 1280 g/mol. The first-order chi connectivity index (χ1) is 43.7. The van der Waals surface area contributed by atoms with Crippen molar-refractivity contribution < 1.29 is 52.4 Å². The van der Waals surface area contributed by atoms with Crippen molar-refractivity contribution in [3.8, 4) is 34.5 Å². The van der Waals surface area contributed by atoms with Crippen LogP contribution in [-0.4, -0.2) is 144 Å². The van der Waals surface area contributed by atoms with Crippen LogP contribution in [0.5, 0.6) is 34.5 Å². The van der Waals surface area contributed by atoms with E-state index >= 15 is 0 Å². The molecule has 3 heterocycles. The Morgan fingerprint density at radius 3 is 0.902 bits per heavy atom. The monoisotopic (exact) mass is 1280 g/mol. The highest BCUT2D eigenvalue weighted by Crippen LogP contribution is 2.30. The third kappa shape index (κ3) is 22.2. The van der Waals surface area contributed by atoms with Crippen LogP contribution >= 0.6 is 12.4 Å². The summed E-state index contributed by atoms with van der Waals surface area (Å²) in [5.74, 6) is 3.72. The van der Waals surface area contributed by atoms with Gasteiger partial charge in [0.25, 0.3) is 0 Å². The Bertz CT molecular complexity index is 2990. The summed E-state index contributed by atoms with van der Waals surface area (Å²) >= 11 is 0. The number of nitrogens with two attached hydrogens (primary N) is 2. The number of ether oxygens (including phenoxy) is 6. The number of benzene rings is 6. The molecule has 0 aliphatic carbocycles. The van der Waals surface area contributed by atoms with Crippen LogP contribution in [0.3, 0.4) is 0 Å². The van der Waals surface area contributed by atoms with E-state index in [0.717, 1.165) is 40.9 Å². The fraction of sp³-hybridized carbons (Fsp3) is 0.438. The first-order valence-corrected chi connectivity index (χ1v) is 32.0. The number of likely N-dealkylation sites (tertiary alicyclic amines) is 3. The Labute approximate surface area is 550 Å². The van der Waals surface area contributed by atoms with Crippen LogP contribution in [0.2, 0.25) is 0 Å². The smallest absolute Gasteiger partial charge is 0.245 e. The van der Waals surface area contributed by atoms with Gasteiger partial charge in [-0.2, -0.15) is 0 Å². The molecule has 0 radical (unpaired) electrons. The Kier molecular flexibility index (Phi) is 29.0. The molecule has 3 aliphatic rings. The zero-order valence-corrected chi connectivity index (χ0v) is 55.5. The number of carbonyl (C=O) groups is 5. The van der Waals surface area contributed by atoms with Gasteiger partial charge < -0.3 is 65.2 Å². The van der Waals surface area contributed by atoms with E-state index in [2.05, 4.69) is 10.6 Å². The Balaban J connectivity index is 0.000000219. The van der Waals surface area contributed by atoms with E-state index in [1.807, 2.05) is 247 Å². The van der Waals surface area contributed by atoms with Crippen LogP contribution in [0, 0.1) is 23.7 Å². The van der Waals surface area contributed by atoms with Crippen LogP contribution in [-0.2, 0) is 24.0 Å². The molecule has 10 atom stereocenters. The summed E-state index contributed by atoms with van der Waals surface area (Å²) in [4.78, 5) is 70.0. The quantitative estimate of drug-likeness (QED) is 0.0419. The van der Waals surface area contributed by atoms with E-state index in [0.29, 0.717) is 52.3 Å². The lowest BCUT2D eigenvalue weighted by Crippen LogP contribution is -2.55. The first kappa shape index (κ1) is 72.7. The van der Waals surface area contributed by atoms with E-state index in [1.54, 1.807) is 11.8 Å². The summed E-state index contributed by atoms with van der Waals surface area (Å²) < 4.78 is 36.3. The zero-order chi connectivity index (χ0) is 65.4. The number of para-hydroxylation sites is 6. The minimum absolute atomic E-state index is 0. The number of halogens is 1. The van der Waals surface area contributed by atoms with Crippen molar-refractivity contribution in [3.05, 3.63) is 182 Å². The van der Waals surface area contributed by atoms with Gasteiger partial charge in [0, 0.05) is 25.2 Å². The molecule has 92 heavy (non-hydrogen) atoms. The van der Waals surface area contributed by atoms with Gasteiger partial charge in [0.2, 0.25) is 29.5 Å². The molecule has 5 amide bonds. The van der Waals surface area contributed by atoms with Crippen molar-refractivity contribution in [1.29, 1.82) is 0 Å². The highest BCUT2D eigenvalue weighted by Gasteiger charge is 2.43. The molecule has 496 valence electrons. The summed E-state index contributed by atoms with van der Waals surface area (Å²) in [6, 6.07) is 54.8. The highest BCUT2D eigenvalue weighted by molar-refractivity contribution is 5.90. The largest absolute Gasteiger partial charge is 0.491 e. The molecule has 3 unspecified atom stereocenters. The molecular formula is C73H96ClN7O11. The van der Waals surface area contributed by atoms with Crippen molar-refractivity contribution in [1.82, 2.24) is 25.3 Å². The van der Waals surface area contributed by atoms with Gasteiger partial charge in [-0.05, 0) is 97.5 Å². The van der Waals surface area contributed by atoms with E-state index < -0.39 is 24.2 Å². The van der Waals surface area contributed by atoms with Gasteiger partial charge >= 0.3 is 0 Å². The van der Waals surface area contributed by atoms with Gasteiger partial charge in [-0.3, -0.25) is 24.0 Å². The minimum atomic E-state index is -0.686. The molecule has 0 spiro atoms. The maximum absolute atomic E-state index is 13.6. The maximum atomic E-state index is 13.6. The summed E-state index contributed by atoms with van der Waals surface area (Å²) in [5, 5.41) is 5.75. The lowest BCUT2D eigenvalue weighted by Gasteiger charge is -2.31. The lowest BCUT2D eigenvalue weighted by molar-refractivity contribution is -0.139. The molecule has 6 aromatic rings. The molecule has 18 nitrogen and oxygen atoms in total. The van der Waals surface area contributed by atoms with Crippen molar-refractivity contribution in [2.45, 2.75) is 142 Å². The Morgan fingerprint density at radius 1 is 0.391 bits per heavy atom. The van der Waals surface area contributed by atoms with Crippen molar-refractivity contribution >= 4 is 41.9 Å². The standard InChI is InChI=1S/C26H34N2O4.C25H33N3O4.C22H28N2O3.ClH/c1-18(2)24(27-25(29)19(3)4)26(30)28-16-23(32-22-13-9-6-10-14-22)15-20(28)17-31-21-11-7-5-8-12-21;1-17(2)23(27-24(29)18(3)26)25(30)28-15-22(32-21-12-8-5-9-13-21)14-19(28)16-31-20-10-6-4-7-11-20;1-16(2)21(23)22(25)24-14-20(27-19-11-7-4-8-12-19)13-17(24)15-26-18-9-5-3-6-10-18;/h5-14,18-20,23-24H,15-17H2,1-4H3,(H,27,29);4-13,17-19,22-23H,14-16,26H2,1-3H3,(H,27,29);3-12,16-17,20-21H,13-15,23H2,1-2H3;1H/t20-,23?,24-;18-,19-,22?,23-;17-,20?,21-;/m000./s1. The average Bonchev–Trinajstić information content (AvgIpc) is 1.71. The van der Waals surface area contributed by atoms with Gasteiger partial charge in [0.15, 0.2) is 0 Å². The fourth-order valence-corrected chi connectivity index (χ4v) is 10.8. The second-order valence-corrected chi connectivity index (χ2v) is 24.8. The summed E-state index contributed by atoms with van der Waals surface area (Å²) in [7, 11) is 0. The number of rotatable bonds is 25. The van der Waals surface area contributed by atoms with Gasteiger partial charge in [-0.1, -0.05) is 165 Å². The topological polar surface area (TPSA) is 227 Å². The lowest BCUT2D eigenvalue weighted by atomic mass is 10.0. The Hall–Kier alpha value is -8.32. The van der Waals surface area contributed by atoms with Gasteiger partial charge in [-0.15, -0.1) is 12.4 Å². The molecule has 0 saturated carbocycles. The maximum Gasteiger partial charge on any atom is 0.245 e. The molecule has 3 fully saturated rings. The normalized spacial score (nSPS) is 19.6. The Morgan fingerprint density at radius 2 is 0.652 bits per heavy atom. The molecular weight excluding hydrogens is 1190 g/mol. The molecule has 0 aromatic heterocycles.